The monoisotopic (exact) mass is 270 g/mol. The van der Waals surface area contributed by atoms with Crippen LogP contribution in [0.15, 0.2) is 4.99 Å². The number of guanidine groups is 1. The highest BCUT2D eigenvalue weighted by Crippen LogP contribution is 2.10. The van der Waals surface area contributed by atoms with Crippen molar-refractivity contribution in [3.8, 4) is 0 Å². The molecule has 2 N–H and O–H groups in total. The van der Waals surface area contributed by atoms with Crippen LogP contribution in [0.25, 0.3) is 0 Å². The van der Waals surface area contributed by atoms with Crippen LogP contribution < -0.4 is 10.6 Å². The van der Waals surface area contributed by atoms with Gasteiger partial charge in [0, 0.05) is 26.7 Å². The van der Waals surface area contributed by atoms with E-state index in [-0.39, 0.29) is 0 Å². The molecule has 0 aromatic carbocycles. The summed E-state index contributed by atoms with van der Waals surface area (Å²) in [4.78, 5) is 6.56. The Morgan fingerprint density at radius 3 is 2.47 bits per heavy atom. The predicted octanol–water partition coefficient (Wildman–Crippen LogP) is 2.32. The van der Waals surface area contributed by atoms with Gasteiger partial charge in [-0.3, -0.25) is 4.99 Å². The molecule has 4 nitrogen and oxygen atoms in total. The second-order valence-electron chi connectivity index (χ2n) is 5.19. The zero-order valence-corrected chi connectivity index (χ0v) is 13.6. The number of hydrogen-bond donors (Lipinski definition) is 2. The van der Waals surface area contributed by atoms with Gasteiger partial charge in [-0.2, -0.15) is 0 Å². The van der Waals surface area contributed by atoms with Crippen LogP contribution in [-0.2, 0) is 0 Å². The third kappa shape index (κ3) is 9.77. The zero-order chi connectivity index (χ0) is 14.5. The Morgan fingerprint density at radius 2 is 1.95 bits per heavy atom. The number of nitrogens with one attached hydrogen (secondary N) is 2. The minimum Gasteiger partial charge on any atom is -0.356 e. The van der Waals surface area contributed by atoms with Crippen molar-refractivity contribution in [1.29, 1.82) is 0 Å². The van der Waals surface area contributed by atoms with Crippen molar-refractivity contribution in [1.82, 2.24) is 15.5 Å². The zero-order valence-electron chi connectivity index (χ0n) is 13.6. The minimum atomic E-state index is 0.761. The highest BCUT2D eigenvalue weighted by Gasteiger charge is 2.06. The number of nitrogens with zero attached hydrogens (tertiary/aromatic N) is 2. The third-order valence-corrected chi connectivity index (χ3v) is 3.65. The molecule has 1 atom stereocenters. The first-order valence-corrected chi connectivity index (χ1v) is 7.80. The summed E-state index contributed by atoms with van der Waals surface area (Å²) in [7, 11) is 3.97. The SMILES string of the molecule is CCCCC(CC)CNC(=NC)NCCN(C)CC. The summed E-state index contributed by atoms with van der Waals surface area (Å²) in [5.41, 5.74) is 0. The molecule has 0 rings (SSSR count). The largest absolute Gasteiger partial charge is 0.356 e. The van der Waals surface area contributed by atoms with Crippen LogP contribution in [0, 0.1) is 5.92 Å². The molecule has 0 aromatic rings. The molecule has 0 amide bonds. The van der Waals surface area contributed by atoms with Gasteiger partial charge in [0.2, 0.25) is 0 Å². The number of unbranched alkanes of at least 4 members (excludes halogenated alkanes) is 1. The lowest BCUT2D eigenvalue weighted by Gasteiger charge is -2.19. The lowest BCUT2D eigenvalue weighted by Crippen LogP contribution is -2.42. The fourth-order valence-electron chi connectivity index (χ4n) is 1.93. The van der Waals surface area contributed by atoms with Crippen LogP contribution in [0.5, 0.6) is 0 Å². The van der Waals surface area contributed by atoms with E-state index in [1.165, 1.54) is 25.7 Å². The van der Waals surface area contributed by atoms with Crippen molar-refractivity contribution >= 4 is 5.96 Å². The first-order chi connectivity index (χ1) is 9.17. The Kier molecular flexibility index (Phi) is 11.8. The van der Waals surface area contributed by atoms with E-state index in [2.05, 4.69) is 48.3 Å². The van der Waals surface area contributed by atoms with Crippen LogP contribution in [0.4, 0.5) is 0 Å². The average molecular weight is 270 g/mol. The Labute approximate surface area is 120 Å². The second kappa shape index (κ2) is 12.3. The van der Waals surface area contributed by atoms with Gasteiger partial charge in [-0.05, 0) is 25.9 Å². The molecule has 0 aromatic heterocycles. The van der Waals surface area contributed by atoms with E-state index >= 15 is 0 Å². The molecule has 0 radical (unpaired) electrons. The quantitative estimate of drug-likeness (QED) is 0.473. The van der Waals surface area contributed by atoms with Gasteiger partial charge < -0.3 is 15.5 Å². The second-order valence-corrected chi connectivity index (χ2v) is 5.19. The molecule has 0 spiro atoms. The molecular formula is C15H34N4. The summed E-state index contributed by atoms with van der Waals surface area (Å²) in [6, 6.07) is 0. The van der Waals surface area contributed by atoms with Crippen LogP contribution >= 0.6 is 0 Å². The fraction of sp³-hybridized carbons (Fsp3) is 0.933. The van der Waals surface area contributed by atoms with Crippen molar-refractivity contribution < 1.29 is 0 Å². The molecule has 0 aliphatic heterocycles. The van der Waals surface area contributed by atoms with Crippen molar-refractivity contribution in [3.05, 3.63) is 0 Å². The van der Waals surface area contributed by atoms with E-state index in [1.54, 1.807) is 0 Å². The van der Waals surface area contributed by atoms with Crippen molar-refractivity contribution in [2.45, 2.75) is 46.5 Å². The van der Waals surface area contributed by atoms with Crippen LogP contribution in [0.3, 0.4) is 0 Å². The van der Waals surface area contributed by atoms with Gasteiger partial charge in [0.25, 0.3) is 0 Å². The van der Waals surface area contributed by atoms with Gasteiger partial charge in [0.05, 0.1) is 0 Å². The molecule has 0 saturated heterocycles. The molecule has 0 heterocycles. The van der Waals surface area contributed by atoms with E-state index in [4.69, 9.17) is 0 Å². The molecule has 0 saturated carbocycles. The molecule has 114 valence electrons. The van der Waals surface area contributed by atoms with E-state index < -0.39 is 0 Å². The first-order valence-electron chi connectivity index (χ1n) is 7.80. The third-order valence-electron chi connectivity index (χ3n) is 3.65. The molecule has 19 heavy (non-hydrogen) atoms. The molecule has 0 bridgehead atoms. The van der Waals surface area contributed by atoms with Crippen molar-refractivity contribution in [2.24, 2.45) is 10.9 Å². The number of aliphatic imine (C=N–C) groups is 1. The highest BCUT2D eigenvalue weighted by molar-refractivity contribution is 5.79. The maximum atomic E-state index is 4.27. The van der Waals surface area contributed by atoms with Gasteiger partial charge in [0.1, 0.15) is 0 Å². The van der Waals surface area contributed by atoms with Crippen LogP contribution in [-0.4, -0.2) is 51.1 Å². The van der Waals surface area contributed by atoms with Crippen LogP contribution in [0.1, 0.15) is 46.5 Å². The first kappa shape index (κ1) is 18.2. The van der Waals surface area contributed by atoms with Crippen molar-refractivity contribution in [2.75, 3.05) is 40.3 Å². The summed E-state index contributed by atoms with van der Waals surface area (Å²) < 4.78 is 0. The number of hydrogen-bond acceptors (Lipinski definition) is 2. The molecule has 4 heteroatoms. The number of rotatable bonds is 10. The van der Waals surface area contributed by atoms with E-state index in [0.29, 0.717) is 0 Å². The predicted molar refractivity (Wildman–Crippen MR) is 85.8 cm³/mol. The Morgan fingerprint density at radius 1 is 1.21 bits per heavy atom. The molecule has 0 aliphatic rings. The van der Waals surface area contributed by atoms with E-state index in [9.17, 15) is 0 Å². The summed E-state index contributed by atoms with van der Waals surface area (Å²) in [5.74, 6) is 1.69. The Hall–Kier alpha value is -0.770. The maximum Gasteiger partial charge on any atom is 0.191 e. The molecule has 0 aliphatic carbocycles. The molecule has 1 unspecified atom stereocenters. The van der Waals surface area contributed by atoms with E-state index in [1.807, 2.05) is 7.05 Å². The van der Waals surface area contributed by atoms with Gasteiger partial charge >= 0.3 is 0 Å². The maximum absolute atomic E-state index is 4.27. The Bertz CT molecular complexity index is 228. The summed E-state index contributed by atoms with van der Waals surface area (Å²) in [6.07, 6.45) is 5.17. The van der Waals surface area contributed by atoms with Crippen molar-refractivity contribution in [3.63, 3.8) is 0 Å². The summed E-state index contributed by atoms with van der Waals surface area (Å²) in [6.45, 7) is 10.8. The van der Waals surface area contributed by atoms with Gasteiger partial charge in [0.15, 0.2) is 5.96 Å². The minimum absolute atomic E-state index is 0.761. The summed E-state index contributed by atoms with van der Waals surface area (Å²) >= 11 is 0. The highest BCUT2D eigenvalue weighted by atomic mass is 15.2. The lowest BCUT2D eigenvalue weighted by atomic mass is 9.99. The lowest BCUT2D eigenvalue weighted by molar-refractivity contribution is 0.356. The smallest absolute Gasteiger partial charge is 0.191 e. The average Bonchev–Trinajstić information content (AvgIpc) is 2.44. The van der Waals surface area contributed by atoms with E-state index in [0.717, 1.165) is 38.1 Å². The topological polar surface area (TPSA) is 39.7 Å². The summed E-state index contributed by atoms with van der Waals surface area (Å²) in [5, 5.41) is 6.81. The van der Waals surface area contributed by atoms with Gasteiger partial charge in [-0.25, -0.2) is 0 Å². The Balaban J connectivity index is 3.85. The van der Waals surface area contributed by atoms with Crippen LogP contribution in [0.2, 0.25) is 0 Å². The normalized spacial score (nSPS) is 13.7. The fourth-order valence-corrected chi connectivity index (χ4v) is 1.93. The van der Waals surface area contributed by atoms with Gasteiger partial charge in [-0.15, -0.1) is 0 Å². The standard InChI is InChI=1S/C15H34N4/c1-6-9-10-14(7-2)13-18-15(16-4)17-11-12-19(5)8-3/h14H,6-13H2,1-5H3,(H2,16,17,18). The number of likely N-dealkylation sites (N-methyl/N-ethyl adjacent to an activating group) is 1. The van der Waals surface area contributed by atoms with Gasteiger partial charge in [-0.1, -0.05) is 40.0 Å². The molecular weight excluding hydrogens is 236 g/mol. The molecule has 0 fully saturated rings.